The molecule has 1 N–H and O–H groups in total. The molecule has 0 atom stereocenters. The van der Waals surface area contributed by atoms with Gasteiger partial charge in [0.25, 0.3) is 0 Å². The molecule has 2 aromatic rings. The minimum absolute atomic E-state index is 0.142. The molecule has 0 aliphatic rings. The van der Waals surface area contributed by atoms with Crippen LogP contribution in [0.1, 0.15) is 5.69 Å². The molecular formula is C10H14ClN7. The van der Waals surface area contributed by atoms with Gasteiger partial charge in [-0.05, 0) is 18.5 Å². The zero-order chi connectivity index (χ0) is 13.3. The maximum atomic E-state index is 5.84. The maximum Gasteiger partial charge on any atom is 0.234 e. The number of hydrogen-bond donors (Lipinski definition) is 1. The zero-order valence-corrected chi connectivity index (χ0v) is 11.4. The molecule has 0 amide bonds. The topological polar surface area (TPSA) is 71.8 Å². The lowest BCUT2D eigenvalue weighted by Crippen LogP contribution is -2.14. The van der Waals surface area contributed by atoms with Gasteiger partial charge in [0.15, 0.2) is 5.82 Å². The monoisotopic (exact) mass is 267 g/mol. The Kier molecular flexibility index (Phi) is 3.33. The van der Waals surface area contributed by atoms with Gasteiger partial charge in [0.05, 0.1) is 0 Å². The van der Waals surface area contributed by atoms with Gasteiger partial charge in [-0.1, -0.05) is 0 Å². The lowest BCUT2D eigenvalue weighted by Gasteiger charge is -2.10. The van der Waals surface area contributed by atoms with Crippen LogP contribution in [0.4, 0.5) is 17.7 Å². The van der Waals surface area contributed by atoms with Crippen LogP contribution < -0.4 is 10.2 Å². The molecule has 0 saturated carbocycles. The smallest absolute Gasteiger partial charge is 0.234 e. The third-order valence-electron chi connectivity index (χ3n) is 2.35. The minimum atomic E-state index is 0.142. The molecule has 0 saturated heterocycles. The van der Waals surface area contributed by atoms with E-state index < -0.39 is 0 Å². The summed E-state index contributed by atoms with van der Waals surface area (Å²) < 4.78 is 1.76. The second-order valence-corrected chi connectivity index (χ2v) is 4.38. The number of nitrogens with zero attached hydrogens (tertiary/aromatic N) is 6. The molecule has 0 unspecified atom stereocenters. The molecule has 0 aliphatic heterocycles. The van der Waals surface area contributed by atoms with Gasteiger partial charge in [-0.25, -0.2) is 0 Å². The highest BCUT2D eigenvalue weighted by atomic mass is 35.5. The van der Waals surface area contributed by atoms with Crippen LogP contribution in [0.25, 0.3) is 0 Å². The summed E-state index contributed by atoms with van der Waals surface area (Å²) in [5.41, 5.74) is 1.03. The van der Waals surface area contributed by atoms with E-state index in [2.05, 4.69) is 25.4 Å². The zero-order valence-electron chi connectivity index (χ0n) is 10.6. The third-order valence-corrected chi connectivity index (χ3v) is 2.52. The van der Waals surface area contributed by atoms with Crippen LogP contribution in [-0.4, -0.2) is 38.8 Å². The highest BCUT2D eigenvalue weighted by molar-refractivity contribution is 6.28. The highest BCUT2D eigenvalue weighted by Crippen LogP contribution is 2.16. The molecule has 0 spiro atoms. The SMILES string of the molecule is Cc1cc(Nc2nc(Cl)nc(N(C)C)n2)nn1C. The van der Waals surface area contributed by atoms with Crippen molar-refractivity contribution in [1.29, 1.82) is 0 Å². The first kappa shape index (κ1) is 12.6. The predicted molar refractivity (Wildman–Crippen MR) is 70.4 cm³/mol. The average molecular weight is 268 g/mol. The predicted octanol–water partition coefficient (Wildman–Crippen LogP) is 1.38. The molecule has 0 aliphatic carbocycles. The van der Waals surface area contributed by atoms with E-state index in [1.165, 1.54) is 0 Å². The molecule has 96 valence electrons. The number of aromatic nitrogens is 5. The van der Waals surface area contributed by atoms with Crippen molar-refractivity contribution < 1.29 is 0 Å². The molecule has 2 aromatic heterocycles. The third kappa shape index (κ3) is 2.67. The quantitative estimate of drug-likeness (QED) is 0.906. The van der Waals surface area contributed by atoms with Gasteiger partial charge in [-0.15, -0.1) is 0 Å². The van der Waals surface area contributed by atoms with Crippen LogP contribution >= 0.6 is 11.6 Å². The number of hydrogen-bond acceptors (Lipinski definition) is 6. The summed E-state index contributed by atoms with van der Waals surface area (Å²) in [6.45, 7) is 1.96. The van der Waals surface area contributed by atoms with Gasteiger partial charge in [0.1, 0.15) is 0 Å². The normalized spacial score (nSPS) is 10.5. The second-order valence-electron chi connectivity index (χ2n) is 4.04. The Morgan fingerprint density at radius 3 is 2.56 bits per heavy atom. The fourth-order valence-electron chi connectivity index (χ4n) is 1.33. The molecule has 2 rings (SSSR count). The molecular weight excluding hydrogens is 254 g/mol. The molecule has 0 aromatic carbocycles. The molecule has 0 radical (unpaired) electrons. The fourth-order valence-corrected chi connectivity index (χ4v) is 1.49. The fraction of sp³-hybridized carbons (Fsp3) is 0.400. The Morgan fingerprint density at radius 2 is 2.00 bits per heavy atom. The first-order chi connectivity index (χ1) is 8.45. The number of aryl methyl sites for hydroxylation is 2. The van der Waals surface area contributed by atoms with Gasteiger partial charge >= 0.3 is 0 Å². The molecule has 0 fully saturated rings. The average Bonchev–Trinajstić information content (AvgIpc) is 2.56. The number of rotatable bonds is 3. The number of nitrogens with one attached hydrogen (secondary N) is 1. The van der Waals surface area contributed by atoms with E-state index in [1.807, 2.05) is 34.1 Å². The van der Waals surface area contributed by atoms with Gasteiger partial charge in [0, 0.05) is 32.9 Å². The van der Waals surface area contributed by atoms with Crippen molar-refractivity contribution in [3.05, 3.63) is 17.0 Å². The summed E-state index contributed by atoms with van der Waals surface area (Å²) in [4.78, 5) is 14.0. The van der Waals surface area contributed by atoms with Crippen molar-refractivity contribution in [2.75, 3.05) is 24.3 Å². The van der Waals surface area contributed by atoms with E-state index in [-0.39, 0.29) is 5.28 Å². The van der Waals surface area contributed by atoms with Gasteiger partial charge < -0.3 is 10.2 Å². The number of anilines is 3. The lowest BCUT2D eigenvalue weighted by atomic mass is 10.5. The van der Waals surface area contributed by atoms with Crippen LogP contribution in [0.5, 0.6) is 0 Å². The van der Waals surface area contributed by atoms with Crippen molar-refractivity contribution in [2.45, 2.75) is 6.92 Å². The van der Waals surface area contributed by atoms with E-state index in [9.17, 15) is 0 Å². The van der Waals surface area contributed by atoms with Crippen molar-refractivity contribution in [1.82, 2.24) is 24.7 Å². The van der Waals surface area contributed by atoms with Gasteiger partial charge in [-0.2, -0.15) is 20.1 Å². The van der Waals surface area contributed by atoms with E-state index >= 15 is 0 Å². The molecule has 8 heteroatoms. The van der Waals surface area contributed by atoms with Crippen molar-refractivity contribution in [3.63, 3.8) is 0 Å². The first-order valence-corrected chi connectivity index (χ1v) is 5.70. The lowest BCUT2D eigenvalue weighted by molar-refractivity contribution is 0.742. The second kappa shape index (κ2) is 4.77. The Bertz CT molecular complexity index is 544. The molecule has 18 heavy (non-hydrogen) atoms. The van der Waals surface area contributed by atoms with Crippen LogP contribution in [0, 0.1) is 6.92 Å². The summed E-state index contributed by atoms with van der Waals surface area (Å²) in [7, 11) is 5.53. The molecule has 7 nitrogen and oxygen atoms in total. The minimum Gasteiger partial charge on any atom is -0.347 e. The van der Waals surface area contributed by atoms with Gasteiger partial charge in [-0.3, -0.25) is 4.68 Å². The van der Waals surface area contributed by atoms with Crippen molar-refractivity contribution >= 4 is 29.3 Å². The van der Waals surface area contributed by atoms with Crippen molar-refractivity contribution in [3.8, 4) is 0 Å². The summed E-state index contributed by atoms with van der Waals surface area (Å²) in [6, 6.07) is 1.90. The Hall–Kier alpha value is -1.89. The Labute approximate surface area is 110 Å². The Morgan fingerprint density at radius 1 is 1.28 bits per heavy atom. The van der Waals surface area contributed by atoms with Crippen molar-refractivity contribution in [2.24, 2.45) is 7.05 Å². The summed E-state index contributed by atoms with van der Waals surface area (Å²) in [5, 5.41) is 7.40. The summed E-state index contributed by atoms with van der Waals surface area (Å²) >= 11 is 5.84. The Balaban J connectivity index is 2.28. The molecule has 0 bridgehead atoms. The summed E-state index contributed by atoms with van der Waals surface area (Å²) in [6.07, 6.45) is 0. The largest absolute Gasteiger partial charge is 0.347 e. The van der Waals surface area contributed by atoms with Crippen LogP contribution in [-0.2, 0) is 7.05 Å². The first-order valence-electron chi connectivity index (χ1n) is 5.32. The van der Waals surface area contributed by atoms with E-state index in [0.29, 0.717) is 17.7 Å². The van der Waals surface area contributed by atoms with Crippen LogP contribution in [0.2, 0.25) is 5.28 Å². The number of halogens is 1. The van der Waals surface area contributed by atoms with E-state index in [1.54, 1.807) is 9.58 Å². The van der Waals surface area contributed by atoms with Crippen LogP contribution in [0.3, 0.4) is 0 Å². The highest BCUT2D eigenvalue weighted by Gasteiger charge is 2.08. The van der Waals surface area contributed by atoms with Crippen LogP contribution in [0.15, 0.2) is 6.07 Å². The molecule has 2 heterocycles. The van der Waals surface area contributed by atoms with Gasteiger partial charge in [0.2, 0.25) is 17.2 Å². The summed E-state index contributed by atoms with van der Waals surface area (Å²) in [5.74, 6) is 1.53. The van der Waals surface area contributed by atoms with E-state index in [4.69, 9.17) is 11.6 Å². The standard InChI is InChI=1S/C10H14ClN7/c1-6-5-7(16-18(6)4)12-9-13-8(11)14-10(15-9)17(2)3/h5H,1-4H3,(H,12,13,14,15,16). The van der Waals surface area contributed by atoms with E-state index in [0.717, 1.165) is 5.69 Å². The maximum absolute atomic E-state index is 5.84.